The molecule has 0 N–H and O–H groups in total. The van der Waals surface area contributed by atoms with Crippen molar-refractivity contribution in [2.75, 3.05) is 39.8 Å². The van der Waals surface area contributed by atoms with Crippen LogP contribution in [-0.2, 0) is 9.53 Å². The van der Waals surface area contributed by atoms with E-state index in [1.54, 1.807) is 23.7 Å². The molecule has 4 aliphatic rings. The number of rotatable bonds is 2. The smallest absolute Gasteiger partial charge is 0.410 e. The number of aliphatic imine (C=N–C) groups is 1. The van der Waals surface area contributed by atoms with Crippen molar-refractivity contribution in [3.63, 3.8) is 0 Å². The molecule has 0 aromatic heterocycles. The Hall–Kier alpha value is -1.70. The van der Waals surface area contributed by atoms with Gasteiger partial charge < -0.3 is 19.4 Å². The first kappa shape index (κ1) is 14.9. The molecule has 0 saturated carbocycles. The van der Waals surface area contributed by atoms with Gasteiger partial charge in [-0.25, -0.2) is 4.79 Å². The van der Waals surface area contributed by atoms with E-state index in [9.17, 15) is 9.59 Å². The highest BCUT2D eigenvalue weighted by molar-refractivity contribution is 8.16. The first-order chi connectivity index (χ1) is 11.1. The van der Waals surface area contributed by atoms with Crippen LogP contribution in [0.3, 0.4) is 0 Å². The molecular weight excluding hydrogens is 316 g/mol. The fourth-order valence-corrected chi connectivity index (χ4v) is 4.56. The highest BCUT2D eigenvalue weighted by Crippen LogP contribution is 2.34. The topological polar surface area (TPSA) is 65.4 Å². The molecule has 0 aliphatic carbocycles. The zero-order valence-corrected chi connectivity index (χ0v) is 14.0. The minimum atomic E-state index is -0.502. The number of hydrogen-bond donors (Lipinski definition) is 0. The van der Waals surface area contributed by atoms with Crippen molar-refractivity contribution in [1.82, 2.24) is 14.7 Å². The molecule has 124 valence electrons. The fraction of sp³-hybridized carbons (Fsp3) is 0.667. The molecule has 2 fully saturated rings. The van der Waals surface area contributed by atoms with Gasteiger partial charge in [0.05, 0.1) is 19.5 Å². The summed E-state index contributed by atoms with van der Waals surface area (Å²) in [5, 5.41) is 3.06. The van der Waals surface area contributed by atoms with E-state index in [4.69, 9.17) is 4.74 Å². The van der Waals surface area contributed by atoms with Gasteiger partial charge in [0, 0.05) is 38.8 Å². The van der Waals surface area contributed by atoms with Gasteiger partial charge in [0.15, 0.2) is 10.8 Å². The molecule has 2 saturated heterocycles. The highest BCUT2D eigenvalue weighted by Gasteiger charge is 2.49. The summed E-state index contributed by atoms with van der Waals surface area (Å²) in [6.45, 7) is 3.54. The number of thioether (sulfide) groups is 1. The number of ether oxygens (including phenoxy) is 1. The van der Waals surface area contributed by atoms with Gasteiger partial charge in [-0.15, -0.1) is 0 Å². The summed E-state index contributed by atoms with van der Waals surface area (Å²) >= 11 is 1.61. The van der Waals surface area contributed by atoms with Crippen molar-refractivity contribution < 1.29 is 14.3 Å². The second-order valence-electron chi connectivity index (χ2n) is 6.55. The summed E-state index contributed by atoms with van der Waals surface area (Å²) < 4.78 is 5.50. The molecule has 0 unspecified atom stereocenters. The number of fused-ring (bicyclic) bond motifs is 1. The molecule has 0 aromatic rings. The van der Waals surface area contributed by atoms with Crippen molar-refractivity contribution in [1.29, 1.82) is 0 Å². The van der Waals surface area contributed by atoms with Gasteiger partial charge in [0.25, 0.3) is 0 Å². The molecule has 0 aromatic carbocycles. The second-order valence-corrected chi connectivity index (χ2v) is 7.38. The average Bonchev–Trinajstić information content (AvgIpc) is 3.19. The largest absolute Gasteiger partial charge is 0.439 e. The van der Waals surface area contributed by atoms with Gasteiger partial charge >= 0.3 is 6.09 Å². The maximum Gasteiger partial charge on any atom is 0.410 e. The van der Waals surface area contributed by atoms with Crippen LogP contribution < -0.4 is 0 Å². The van der Waals surface area contributed by atoms with Crippen molar-refractivity contribution >= 4 is 28.9 Å². The number of likely N-dealkylation sites (tertiary alicyclic amines) is 1. The molecule has 1 atom stereocenters. The Morgan fingerprint density at radius 2 is 2.30 bits per heavy atom. The van der Waals surface area contributed by atoms with Gasteiger partial charge in [0.2, 0.25) is 5.91 Å². The van der Waals surface area contributed by atoms with Gasteiger partial charge in [-0.1, -0.05) is 11.8 Å². The molecule has 4 aliphatic heterocycles. The third kappa shape index (κ3) is 2.58. The Labute approximate surface area is 139 Å². The normalized spacial score (nSPS) is 29.8. The van der Waals surface area contributed by atoms with Crippen LogP contribution in [0.15, 0.2) is 16.1 Å². The Kier molecular flexibility index (Phi) is 3.51. The number of amidine groups is 1. The van der Waals surface area contributed by atoms with Crippen LogP contribution in [0.1, 0.15) is 19.3 Å². The average molecular weight is 336 g/mol. The van der Waals surface area contributed by atoms with E-state index in [2.05, 4.69) is 9.89 Å². The molecule has 8 heteroatoms. The lowest BCUT2D eigenvalue weighted by atomic mass is 10.0. The lowest BCUT2D eigenvalue weighted by molar-refractivity contribution is -0.130. The van der Waals surface area contributed by atoms with Crippen molar-refractivity contribution in [2.45, 2.75) is 24.9 Å². The molecule has 2 amide bonds. The maximum atomic E-state index is 12.6. The van der Waals surface area contributed by atoms with Gasteiger partial charge in [-0.2, -0.15) is 0 Å². The van der Waals surface area contributed by atoms with Crippen LogP contribution in [0.25, 0.3) is 0 Å². The van der Waals surface area contributed by atoms with E-state index < -0.39 is 5.60 Å². The summed E-state index contributed by atoms with van der Waals surface area (Å²) in [7, 11) is 1.74. The maximum absolute atomic E-state index is 12.6. The predicted octanol–water partition coefficient (Wildman–Crippen LogP) is 1.08. The number of hydrogen-bond acceptors (Lipinski definition) is 6. The minimum absolute atomic E-state index is 0.103. The first-order valence-electron chi connectivity index (χ1n) is 7.96. The van der Waals surface area contributed by atoms with Crippen molar-refractivity contribution in [3.05, 3.63) is 11.1 Å². The summed E-state index contributed by atoms with van der Waals surface area (Å²) in [4.78, 5) is 34.3. The number of nitrogens with zero attached hydrogens (tertiary/aromatic N) is 4. The Balaban J connectivity index is 1.38. The van der Waals surface area contributed by atoms with E-state index in [0.717, 1.165) is 36.8 Å². The monoisotopic (exact) mass is 336 g/mol. The molecular formula is C15H20N4O3S. The molecule has 23 heavy (non-hydrogen) atoms. The SMILES string of the molecule is CN1C[C@]2(CCN(C(=O)CC3=CSC4=NCCCN34)C2)OC1=O. The van der Waals surface area contributed by atoms with E-state index in [0.29, 0.717) is 26.1 Å². The van der Waals surface area contributed by atoms with Crippen molar-refractivity contribution in [2.24, 2.45) is 4.99 Å². The molecule has 0 bridgehead atoms. The highest BCUT2D eigenvalue weighted by atomic mass is 32.2. The number of likely N-dealkylation sites (N-methyl/N-ethyl adjacent to an activating group) is 1. The summed E-state index contributed by atoms with van der Waals surface area (Å²) in [6, 6.07) is 0. The fourth-order valence-electron chi connectivity index (χ4n) is 3.60. The van der Waals surface area contributed by atoms with Gasteiger partial charge in [-0.3, -0.25) is 9.79 Å². The van der Waals surface area contributed by atoms with E-state index in [-0.39, 0.29) is 12.0 Å². The summed E-state index contributed by atoms with van der Waals surface area (Å²) in [5.41, 5.74) is 0.540. The van der Waals surface area contributed by atoms with Crippen LogP contribution in [0.5, 0.6) is 0 Å². The van der Waals surface area contributed by atoms with Gasteiger partial charge in [-0.05, 0) is 11.8 Å². The van der Waals surface area contributed by atoms with Crippen LogP contribution >= 0.6 is 11.8 Å². The van der Waals surface area contributed by atoms with Crippen molar-refractivity contribution in [3.8, 4) is 0 Å². The van der Waals surface area contributed by atoms with E-state index in [1.807, 2.05) is 10.3 Å². The van der Waals surface area contributed by atoms with E-state index in [1.165, 1.54) is 0 Å². The third-order valence-corrected chi connectivity index (χ3v) is 5.76. The lowest BCUT2D eigenvalue weighted by Crippen LogP contribution is -2.39. The lowest BCUT2D eigenvalue weighted by Gasteiger charge is -2.26. The van der Waals surface area contributed by atoms with E-state index >= 15 is 0 Å². The van der Waals surface area contributed by atoms with Crippen LogP contribution in [0.4, 0.5) is 4.79 Å². The first-order valence-corrected chi connectivity index (χ1v) is 8.84. The quantitative estimate of drug-likeness (QED) is 0.755. The molecule has 7 nitrogen and oxygen atoms in total. The second kappa shape index (κ2) is 5.43. The molecule has 4 heterocycles. The minimum Gasteiger partial charge on any atom is -0.439 e. The molecule has 1 spiro atoms. The Morgan fingerprint density at radius 3 is 3.09 bits per heavy atom. The molecule has 0 radical (unpaired) electrons. The number of carbonyl (C=O) groups excluding carboxylic acids is 2. The summed E-state index contributed by atoms with van der Waals surface area (Å²) in [6.07, 6.45) is 1.86. The third-order valence-electron chi connectivity index (χ3n) is 4.81. The van der Waals surface area contributed by atoms with Crippen LogP contribution in [0.2, 0.25) is 0 Å². The van der Waals surface area contributed by atoms with Crippen LogP contribution in [-0.4, -0.2) is 77.2 Å². The standard InChI is InChI=1S/C15H20N4O3S/c1-17-9-15(22-14(17)21)3-6-18(10-15)12(20)7-11-8-23-13-16-4-2-5-19(11)13/h8H,2-7,9-10H2,1H3/t15-/m0/s1. The predicted molar refractivity (Wildman–Crippen MR) is 87.0 cm³/mol. The Morgan fingerprint density at radius 1 is 1.43 bits per heavy atom. The van der Waals surface area contributed by atoms with Gasteiger partial charge in [0.1, 0.15) is 0 Å². The summed E-state index contributed by atoms with van der Waals surface area (Å²) in [5.74, 6) is 0.103. The van der Waals surface area contributed by atoms with Crippen LogP contribution in [0, 0.1) is 0 Å². The zero-order valence-electron chi connectivity index (χ0n) is 13.2. The number of amides is 2. The molecule has 4 rings (SSSR count). The zero-order chi connectivity index (χ0) is 16.0. The Bertz CT molecular complexity index is 620. The number of carbonyl (C=O) groups is 2.